The van der Waals surface area contributed by atoms with E-state index in [0.29, 0.717) is 6.54 Å². The number of piperidine rings is 1. The third-order valence-corrected chi connectivity index (χ3v) is 4.51. The summed E-state index contributed by atoms with van der Waals surface area (Å²) in [6.07, 6.45) is 3.53. The number of aromatic nitrogens is 4. The van der Waals surface area contributed by atoms with Gasteiger partial charge >= 0.3 is 0 Å². The van der Waals surface area contributed by atoms with Gasteiger partial charge in [0.05, 0.1) is 35.8 Å². The van der Waals surface area contributed by atoms with Gasteiger partial charge in [-0.1, -0.05) is 29.5 Å². The lowest BCUT2D eigenvalue weighted by atomic mass is 10.1. The van der Waals surface area contributed by atoms with E-state index in [-0.39, 0.29) is 6.10 Å². The number of nitrogens with zero attached hydrogens (tertiary/aromatic N) is 5. The first-order chi connectivity index (χ1) is 11.8. The third-order valence-electron chi connectivity index (χ3n) is 4.51. The van der Waals surface area contributed by atoms with Gasteiger partial charge in [0.25, 0.3) is 0 Å². The van der Waals surface area contributed by atoms with E-state index in [4.69, 9.17) is 0 Å². The first-order valence-corrected chi connectivity index (χ1v) is 8.40. The number of hydrogen-bond donors (Lipinski definition) is 1. The van der Waals surface area contributed by atoms with E-state index < -0.39 is 0 Å². The standard InChI is InChI=1S/C18H21N5O/c24-17-7-9-22(10-8-17)11-16-13-23(21-20-16)12-15-6-5-14-3-1-2-4-18(14)19-15/h1-6,13,17,24H,7-12H2. The highest BCUT2D eigenvalue weighted by Gasteiger charge is 2.18. The first kappa shape index (κ1) is 15.2. The Hall–Kier alpha value is -2.31. The van der Waals surface area contributed by atoms with Crippen molar-refractivity contribution in [2.24, 2.45) is 0 Å². The molecule has 1 aliphatic heterocycles. The van der Waals surface area contributed by atoms with Crippen molar-refractivity contribution in [3.05, 3.63) is 54.0 Å². The molecule has 0 spiro atoms. The summed E-state index contributed by atoms with van der Waals surface area (Å²) in [4.78, 5) is 6.99. The molecule has 4 rings (SSSR count). The summed E-state index contributed by atoms with van der Waals surface area (Å²) in [6, 6.07) is 12.2. The Balaban J connectivity index is 1.42. The average molecular weight is 323 g/mol. The Morgan fingerprint density at radius 1 is 1.00 bits per heavy atom. The van der Waals surface area contributed by atoms with Gasteiger partial charge in [0, 0.05) is 25.0 Å². The minimum absolute atomic E-state index is 0.143. The second kappa shape index (κ2) is 6.67. The van der Waals surface area contributed by atoms with Crippen LogP contribution < -0.4 is 0 Å². The maximum absolute atomic E-state index is 9.57. The Morgan fingerprint density at radius 2 is 1.83 bits per heavy atom. The van der Waals surface area contributed by atoms with Gasteiger partial charge < -0.3 is 5.11 Å². The van der Waals surface area contributed by atoms with Gasteiger partial charge in [0.2, 0.25) is 0 Å². The summed E-state index contributed by atoms with van der Waals surface area (Å²) in [5.41, 5.74) is 2.95. The zero-order valence-corrected chi connectivity index (χ0v) is 13.5. The molecule has 0 amide bonds. The third kappa shape index (κ3) is 3.44. The lowest BCUT2D eigenvalue weighted by Crippen LogP contribution is -2.35. The molecule has 1 saturated heterocycles. The summed E-state index contributed by atoms with van der Waals surface area (Å²) >= 11 is 0. The number of aliphatic hydroxyl groups is 1. The molecule has 6 heteroatoms. The van der Waals surface area contributed by atoms with Crippen LogP contribution in [0.25, 0.3) is 10.9 Å². The molecule has 6 nitrogen and oxygen atoms in total. The van der Waals surface area contributed by atoms with Crippen LogP contribution in [0, 0.1) is 0 Å². The number of likely N-dealkylation sites (tertiary alicyclic amines) is 1. The van der Waals surface area contributed by atoms with Crippen LogP contribution >= 0.6 is 0 Å². The fourth-order valence-corrected chi connectivity index (χ4v) is 3.16. The van der Waals surface area contributed by atoms with Crippen LogP contribution in [0.15, 0.2) is 42.6 Å². The van der Waals surface area contributed by atoms with Crippen LogP contribution in [0.3, 0.4) is 0 Å². The van der Waals surface area contributed by atoms with Crippen molar-refractivity contribution in [3.8, 4) is 0 Å². The van der Waals surface area contributed by atoms with Crippen molar-refractivity contribution in [1.82, 2.24) is 24.9 Å². The summed E-state index contributed by atoms with van der Waals surface area (Å²) in [5, 5.41) is 19.2. The number of aliphatic hydroxyl groups excluding tert-OH is 1. The maximum Gasteiger partial charge on any atom is 0.0967 e. The average Bonchev–Trinajstić information content (AvgIpc) is 3.04. The second-order valence-corrected chi connectivity index (χ2v) is 6.41. The molecule has 1 aliphatic rings. The van der Waals surface area contributed by atoms with Gasteiger partial charge in [-0.05, 0) is 25.0 Å². The van der Waals surface area contributed by atoms with E-state index in [1.54, 1.807) is 0 Å². The molecule has 0 bridgehead atoms. The topological polar surface area (TPSA) is 67.1 Å². The number of rotatable bonds is 4. The van der Waals surface area contributed by atoms with E-state index in [9.17, 15) is 5.11 Å². The summed E-state index contributed by atoms with van der Waals surface area (Å²) in [5.74, 6) is 0. The highest BCUT2D eigenvalue weighted by Crippen LogP contribution is 2.14. The minimum atomic E-state index is -0.143. The minimum Gasteiger partial charge on any atom is -0.393 e. The van der Waals surface area contributed by atoms with Crippen molar-refractivity contribution in [2.75, 3.05) is 13.1 Å². The summed E-state index contributed by atoms with van der Waals surface area (Å²) < 4.78 is 1.84. The molecule has 0 atom stereocenters. The molecule has 3 heterocycles. The van der Waals surface area contributed by atoms with E-state index in [1.807, 2.05) is 35.1 Å². The Bertz CT molecular complexity index is 823. The fraction of sp³-hybridized carbons (Fsp3) is 0.389. The largest absolute Gasteiger partial charge is 0.393 e. The van der Waals surface area contributed by atoms with Gasteiger partial charge in [-0.15, -0.1) is 5.10 Å². The summed E-state index contributed by atoms with van der Waals surface area (Å²) in [7, 11) is 0. The van der Waals surface area contributed by atoms with Gasteiger partial charge in [-0.25, -0.2) is 4.68 Å². The molecular weight excluding hydrogens is 302 g/mol. The van der Waals surface area contributed by atoms with Crippen molar-refractivity contribution in [2.45, 2.75) is 32.0 Å². The molecule has 3 aromatic rings. The first-order valence-electron chi connectivity index (χ1n) is 8.40. The Labute approximate surface area is 140 Å². The van der Waals surface area contributed by atoms with Crippen molar-refractivity contribution < 1.29 is 5.11 Å². The molecule has 0 saturated carbocycles. The summed E-state index contributed by atoms with van der Waals surface area (Å²) in [6.45, 7) is 3.24. The number of fused-ring (bicyclic) bond motifs is 1. The molecule has 0 unspecified atom stereocenters. The molecule has 2 aromatic heterocycles. The van der Waals surface area contributed by atoms with Crippen LogP contribution in [0.4, 0.5) is 0 Å². The van der Waals surface area contributed by atoms with Crippen molar-refractivity contribution in [1.29, 1.82) is 0 Å². The van der Waals surface area contributed by atoms with Crippen molar-refractivity contribution in [3.63, 3.8) is 0 Å². The van der Waals surface area contributed by atoms with Gasteiger partial charge in [0.1, 0.15) is 0 Å². The van der Waals surface area contributed by atoms with E-state index >= 15 is 0 Å². The highest BCUT2D eigenvalue weighted by atomic mass is 16.3. The van der Waals surface area contributed by atoms with Gasteiger partial charge in [-0.2, -0.15) is 0 Å². The molecule has 0 aliphatic carbocycles. The fourth-order valence-electron chi connectivity index (χ4n) is 3.16. The van der Waals surface area contributed by atoms with E-state index in [1.165, 1.54) is 0 Å². The molecule has 24 heavy (non-hydrogen) atoms. The molecule has 1 fully saturated rings. The molecule has 124 valence electrons. The maximum atomic E-state index is 9.57. The monoisotopic (exact) mass is 323 g/mol. The number of benzene rings is 1. The van der Waals surface area contributed by atoms with Crippen LogP contribution in [0.5, 0.6) is 0 Å². The van der Waals surface area contributed by atoms with Crippen LogP contribution in [0.2, 0.25) is 0 Å². The highest BCUT2D eigenvalue weighted by molar-refractivity contribution is 5.78. The number of hydrogen-bond acceptors (Lipinski definition) is 5. The Kier molecular flexibility index (Phi) is 4.23. The lowest BCUT2D eigenvalue weighted by Gasteiger charge is -2.28. The lowest BCUT2D eigenvalue weighted by molar-refractivity contribution is 0.0786. The van der Waals surface area contributed by atoms with Crippen LogP contribution in [-0.4, -0.2) is 49.2 Å². The predicted molar refractivity (Wildman–Crippen MR) is 91.4 cm³/mol. The molecule has 1 N–H and O–H groups in total. The zero-order chi connectivity index (χ0) is 16.4. The van der Waals surface area contributed by atoms with Gasteiger partial charge in [0.15, 0.2) is 0 Å². The normalized spacial score (nSPS) is 16.7. The molecule has 1 aromatic carbocycles. The molecular formula is C18H21N5O. The number of para-hydroxylation sites is 1. The smallest absolute Gasteiger partial charge is 0.0967 e. The quantitative estimate of drug-likeness (QED) is 0.793. The van der Waals surface area contributed by atoms with Crippen molar-refractivity contribution >= 4 is 10.9 Å². The van der Waals surface area contributed by atoms with Crippen LogP contribution in [-0.2, 0) is 13.1 Å². The zero-order valence-electron chi connectivity index (χ0n) is 13.5. The van der Waals surface area contributed by atoms with E-state index in [0.717, 1.165) is 54.8 Å². The Morgan fingerprint density at radius 3 is 2.71 bits per heavy atom. The van der Waals surface area contributed by atoms with Gasteiger partial charge in [-0.3, -0.25) is 9.88 Å². The SMILES string of the molecule is OC1CCN(Cc2cn(Cc3ccc4ccccc4n3)nn2)CC1. The predicted octanol–water partition coefficient (Wildman–Crippen LogP) is 1.83. The second-order valence-electron chi connectivity index (χ2n) is 6.41. The van der Waals surface area contributed by atoms with Crippen LogP contribution in [0.1, 0.15) is 24.2 Å². The molecule has 0 radical (unpaired) electrons. The number of pyridine rings is 1. The van der Waals surface area contributed by atoms with E-state index in [2.05, 4.69) is 32.3 Å².